The van der Waals surface area contributed by atoms with Gasteiger partial charge < -0.3 is 9.72 Å². The molecule has 0 radical (unpaired) electrons. The summed E-state index contributed by atoms with van der Waals surface area (Å²) in [6.45, 7) is 3.33. The molecule has 3 aromatic rings. The van der Waals surface area contributed by atoms with E-state index in [1.807, 2.05) is 18.4 Å². The van der Waals surface area contributed by atoms with Crippen molar-refractivity contribution in [3.8, 4) is 0 Å². The zero-order valence-corrected chi connectivity index (χ0v) is 15.5. The second-order valence-electron chi connectivity index (χ2n) is 7.14. The molecule has 5 heterocycles. The number of nitrogens with zero attached hydrogens (tertiary/aromatic N) is 4. The van der Waals surface area contributed by atoms with Crippen LogP contribution in [0, 0.1) is 0 Å². The molecule has 1 fully saturated rings. The highest BCUT2D eigenvalue weighted by Crippen LogP contribution is 2.43. The molecule has 1 saturated heterocycles. The molecular formula is C18H21N5O2S. The van der Waals surface area contributed by atoms with E-state index in [9.17, 15) is 4.79 Å². The largest absolute Gasteiger partial charge is 0.370 e. The van der Waals surface area contributed by atoms with Gasteiger partial charge in [-0.15, -0.1) is 11.3 Å². The van der Waals surface area contributed by atoms with Crippen LogP contribution in [0.5, 0.6) is 0 Å². The van der Waals surface area contributed by atoms with Gasteiger partial charge >= 0.3 is 0 Å². The highest BCUT2D eigenvalue weighted by Gasteiger charge is 2.41. The van der Waals surface area contributed by atoms with Gasteiger partial charge in [0, 0.05) is 31.4 Å². The Morgan fingerprint density at radius 3 is 3.08 bits per heavy atom. The van der Waals surface area contributed by atoms with Crippen molar-refractivity contribution in [1.29, 1.82) is 0 Å². The molecule has 0 atom stereocenters. The monoisotopic (exact) mass is 371 g/mol. The van der Waals surface area contributed by atoms with Crippen molar-refractivity contribution in [2.45, 2.75) is 31.4 Å². The number of aromatic nitrogens is 4. The van der Waals surface area contributed by atoms with E-state index in [0.29, 0.717) is 23.4 Å². The van der Waals surface area contributed by atoms with Crippen LogP contribution >= 0.6 is 11.3 Å². The molecular weight excluding hydrogens is 350 g/mol. The van der Waals surface area contributed by atoms with E-state index in [1.165, 1.54) is 10.4 Å². The zero-order chi connectivity index (χ0) is 17.7. The second-order valence-corrected chi connectivity index (χ2v) is 8.15. The van der Waals surface area contributed by atoms with Gasteiger partial charge in [0.15, 0.2) is 5.65 Å². The van der Waals surface area contributed by atoms with Crippen LogP contribution in [0.1, 0.15) is 29.1 Å². The number of nitrogens with one attached hydrogen (secondary N) is 1. The molecule has 3 aromatic heterocycles. The first-order valence-electron chi connectivity index (χ1n) is 8.99. The molecule has 0 saturated carbocycles. The molecule has 0 unspecified atom stereocenters. The Morgan fingerprint density at radius 2 is 2.23 bits per heavy atom. The van der Waals surface area contributed by atoms with Crippen molar-refractivity contribution in [2.24, 2.45) is 7.05 Å². The van der Waals surface area contributed by atoms with Crippen LogP contribution in [0.2, 0.25) is 0 Å². The molecule has 0 amide bonds. The minimum Gasteiger partial charge on any atom is -0.370 e. The fourth-order valence-corrected chi connectivity index (χ4v) is 5.16. The standard InChI is InChI=1S/C18H21N5O2S/c1-22-16-12(10-19-22)17(24)21-15(20-16)11-23-6-4-18(5-7-23)13-3-9-26-14(13)2-8-25-18/h3,9-10H,2,4-8,11H2,1H3,(H,20,21,24). The Kier molecular flexibility index (Phi) is 3.73. The average molecular weight is 371 g/mol. The molecule has 2 aliphatic heterocycles. The van der Waals surface area contributed by atoms with Crippen LogP contribution in [0.3, 0.4) is 0 Å². The number of hydrogen-bond donors (Lipinski definition) is 1. The SMILES string of the molecule is Cn1ncc2c(=O)[nH]c(CN3CCC4(CC3)OCCc3sccc34)nc21. The van der Waals surface area contributed by atoms with Crippen molar-refractivity contribution < 1.29 is 4.74 Å². The highest BCUT2D eigenvalue weighted by molar-refractivity contribution is 7.10. The van der Waals surface area contributed by atoms with Gasteiger partial charge in [0.1, 0.15) is 11.2 Å². The van der Waals surface area contributed by atoms with Crippen molar-refractivity contribution in [3.63, 3.8) is 0 Å². The van der Waals surface area contributed by atoms with E-state index in [-0.39, 0.29) is 11.2 Å². The zero-order valence-electron chi connectivity index (χ0n) is 14.7. The molecule has 7 nitrogen and oxygen atoms in total. The van der Waals surface area contributed by atoms with Crippen molar-refractivity contribution in [1.82, 2.24) is 24.6 Å². The lowest BCUT2D eigenvalue weighted by Crippen LogP contribution is -2.46. The predicted molar refractivity (Wildman–Crippen MR) is 99.3 cm³/mol. The molecule has 5 rings (SSSR count). The summed E-state index contributed by atoms with van der Waals surface area (Å²) >= 11 is 1.85. The van der Waals surface area contributed by atoms with Gasteiger partial charge in [0.05, 0.1) is 24.9 Å². The maximum absolute atomic E-state index is 12.2. The number of thiophene rings is 1. The maximum Gasteiger partial charge on any atom is 0.262 e. The molecule has 1 N–H and O–H groups in total. The minimum atomic E-state index is -0.120. The lowest BCUT2D eigenvalue weighted by atomic mass is 9.82. The van der Waals surface area contributed by atoms with Gasteiger partial charge in [-0.1, -0.05) is 0 Å². The fraction of sp³-hybridized carbons (Fsp3) is 0.500. The second kappa shape index (κ2) is 6.00. The maximum atomic E-state index is 12.2. The Morgan fingerprint density at radius 1 is 1.38 bits per heavy atom. The molecule has 26 heavy (non-hydrogen) atoms. The number of ether oxygens (including phenoxy) is 1. The normalized spacial score (nSPS) is 19.9. The number of piperidine rings is 1. The Bertz CT molecular complexity index is 1010. The molecule has 1 spiro atoms. The number of likely N-dealkylation sites (tertiary alicyclic amines) is 1. The lowest BCUT2D eigenvalue weighted by Gasteiger charge is -2.44. The van der Waals surface area contributed by atoms with E-state index < -0.39 is 0 Å². The molecule has 0 aliphatic carbocycles. The molecule has 2 aliphatic rings. The summed E-state index contributed by atoms with van der Waals surface area (Å²) in [7, 11) is 1.81. The number of fused-ring (bicyclic) bond motifs is 3. The van der Waals surface area contributed by atoms with E-state index in [2.05, 4.69) is 31.4 Å². The summed E-state index contributed by atoms with van der Waals surface area (Å²) in [5.41, 5.74) is 1.80. The summed E-state index contributed by atoms with van der Waals surface area (Å²) in [5, 5.41) is 6.85. The van der Waals surface area contributed by atoms with E-state index in [0.717, 1.165) is 39.0 Å². The van der Waals surface area contributed by atoms with Gasteiger partial charge in [0.2, 0.25) is 0 Å². The molecule has 136 valence electrons. The van der Waals surface area contributed by atoms with E-state index >= 15 is 0 Å². The molecule has 0 aromatic carbocycles. The number of hydrogen-bond acceptors (Lipinski definition) is 6. The molecule has 8 heteroatoms. The Hall–Kier alpha value is -2.03. The first kappa shape index (κ1) is 16.2. The van der Waals surface area contributed by atoms with Gasteiger partial charge in [-0.2, -0.15) is 5.10 Å². The summed E-state index contributed by atoms with van der Waals surface area (Å²) in [4.78, 5) is 23.5. The van der Waals surface area contributed by atoms with Crippen LogP contribution in [0.15, 0.2) is 22.4 Å². The lowest BCUT2D eigenvalue weighted by molar-refractivity contribution is -0.0983. The van der Waals surface area contributed by atoms with Crippen molar-refractivity contribution in [3.05, 3.63) is 44.3 Å². The number of H-pyrrole nitrogens is 1. The number of rotatable bonds is 2. The fourth-order valence-electron chi connectivity index (χ4n) is 4.21. The quantitative estimate of drug-likeness (QED) is 0.743. The highest BCUT2D eigenvalue weighted by atomic mass is 32.1. The van der Waals surface area contributed by atoms with Crippen LogP contribution < -0.4 is 5.56 Å². The van der Waals surface area contributed by atoms with Gasteiger partial charge in [-0.25, -0.2) is 4.98 Å². The Balaban J connectivity index is 1.34. The number of aromatic amines is 1. The summed E-state index contributed by atoms with van der Waals surface area (Å²) in [6.07, 6.45) is 4.56. The minimum absolute atomic E-state index is 0.114. The molecule has 0 bridgehead atoms. The smallest absolute Gasteiger partial charge is 0.262 e. The van der Waals surface area contributed by atoms with Gasteiger partial charge in [-0.3, -0.25) is 14.4 Å². The van der Waals surface area contributed by atoms with Gasteiger partial charge in [0.25, 0.3) is 5.56 Å². The first-order chi connectivity index (χ1) is 12.6. The third-order valence-corrected chi connectivity index (χ3v) is 6.61. The summed E-state index contributed by atoms with van der Waals surface area (Å²) in [5.74, 6) is 0.697. The van der Waals surface area contributed by atoms with Crippen LogP contribution in [-0.2, 0) is 30.4 Å². The van der Waals surface area contributed by atoms with Crippen LogP contribution in [0.25, 0.3) is 11.0 Å². The third-order valence-electron chi connectivity index (χ3n) is 5.63. The summed E-state index contributed by atoms with van der Waals surface area (Å²) in [6, 6.07) is 2.24. The van der Waals surface area contributed by atoms with Gasteiger partial charge in [-0.05, 0) is 29.9 Å². The van der Waals surface area contributed by atoms with Crippen LogP contribution in [-0.4, -0.2) is 44.3 Å². The van der Waals surface area contributed by atoms with Crippen molar-refractivity contribution in [2.75, 3.05) is 19.7 Å². The van der Waals surface area contributed by atoms with E-state index in [4.69, 9.17) is 4.74 Å². The Labute approximate surface area is 154 Å². The van der Waals surface area contributed by atoms with Crippen molar-refractivity contribution >= 4 is 22.4 Å². The predicted octanol–water partition coefficient (Wildman–Crippen LogP) is 1.78. The van der Waals surface area contributed by atoms with E-state index in [1.54, 1.807) is 10.9 Å². The topological polar surface area (TPSA) is 76.0 Å². The average Bonchev–Trinajstić information content (AvgIpc) is 3.26. The summed E-state index contributed by atoms with van der Waals surface area (Å²) < 4.78 is 7.91. The van der Waals surface area contributed by atoms with Crippen LogP contribution in [0.4, 0.5) is 0 Å². The first-order valence-corrected chi connectivity index (χ1v) is 9.87. The third kappa shape index (κ3) is 2.52. The number of aryl methyl sites for hydroxylation is 1.